The van der Waals surface area contributed by atoms with E-state index in [0.717, 1.165) is 31.9 Å². The zero-order valence-corrected chi connectivity index (χ0v) is 13.0. The molecule has 5 nitrogen and oxygen atoms in total. The van der Waals surface area contributed by atoms with E-state index in [4.69, 9.17) is 0 Å². The fourth-order valence-electron chi connectivity index (χ4n) is 2.57. The van der Waals surface area contributed by atoms with Gasteiger partial charge in [0.15, 0.2) is 6.54 Å². The number of piperazine rings is 1. The molecule has 0 radical (unpaired) electrons. The molecule has 2 rings (SSSR count). The standard InChI is InChI=1S/C16H23N3O2/c1-12-4-5-15(10-13(12)2)17-16(21)11-18-6-8-19(9-7-18)14(3)20/h4-5,10H,6-9,11H2,1-3H3,(H,17,21)/p+1. The van der Waals surface area contributed by atoms with Crippen LogP contribution in [0.3, 0.4) is 0 Å². The first kappa shape index (κ1) is 15.5. The maximum atomic E-state index is 12.1. The molecule has 1 aromatic carbocycles. The molecule has 0 unspecified atom stereocenters. The minimum absolute atomic E-state index is 0.0320. The van der Waals surface area contributed by atoms with Crippen molar-refractivity contribution < 1.29 is 14.5 Å². The lowest BCUT2D eigenvalue weighted by Gasteiger charge is -2.31. The zero-order chi connectivity index (χ0) is 15.4. The topological polar surface area (TPSA) is 53.9 Å². The van der Waals surface area contributed by atoms with Gasteiger partial charge in [-0.3, -0.25) is 9.59 Å². The molecule has 2 N–H and O–H groups in total. The number of quaternary nitrogens is 1. The Hall–Kier alpha value is -1.88. The third-order valence-corrected chi connectivity index (χ3v) is 4.12. The molecule has 1 heterocycles. The van der Waals surface area contributed by atoms with Gasteiger partial charge in [0.2, 0.25) is 5.91 Å². The number of amides is 2. The smallest absolute Gasteiger partial charge is 0.279 e. The van der Waals surface area contributed by atoms with E-state index in [2.05, 4.69) is 12.2 Å². The van der Waals surface area contributed by atoms with Gasteiger partial charge < -0.3 is 15.1 Å². The van der Waals surface area contributed by atoms with E-state index in [9.17, 15) is 9.59 Å². The number of hydrogen-bond acceptors (Lipinski definition) is 2. The van der Waals surface area contributed by atoms with E-state index in [1.807, 2.05) is 30.0 Å². The Morgan fingerprint density at radius 3 is 2.43 bits per heavy atom. The summed E-state index contributed by atoms with van der Waals surface area (Å²) in [6.07, 6.45) is 0. The van der Waals surface area contributed by atoms with Crippen molar-refractivity contribution in [3.05, 3.63) is 29.3 Å². The molecule has 0 saturated carbocycles. The highest BCUT2D eigenvalue weighted by Crippen LogP contribution is 2.13. The fourth-order valence-corrected chi connectivity index (χ4v) is 2.57. The largest absolute Gasteiger partial charge is 0.332 e. The Morgan fingerprint density at radius 1 is 1.19 bits per heavy atom. The molecule has 1 fully saturated rings. The monoisotopic (exact) mass is 290 g/mol. The fraction of sp³-hybridized carbons (Fsp3) is 0.500. The Labute approximate surface area is 125 Å². The van der Waals surface area contributed by atoms with Crippen molar-refractivity contribution in [3.63, 3.8) is 0 Å². The number of carbonyl (C=O) groups excluding carboxylic acids is 2. The SMILES string of the molecule is CC(=O)N1CC[NH+](CC(=O)Nc2ccc(C)c(C)c2)CC1. The average molecular weight is 290 g/mol. The Balaban J connectivity index is 1.82. The number of hydrogen-bond donors (Lipinski definition) is 2. The zero-order valence-electron chi connectivity index (χ0n) is 13.0. The van der Waals surface area contributed by atoms with Gasteiger partial charge in [0.25, 0.3) is 5.91 Å². The maximum absolute atomic E-state index is 12.1. The summed E-state index contributed by atoms with van der Waals surface area (Å²) in [6, 6.07) is 5.95. The van der Waals surface area contributed by atoms with E-state index >= 15 is 0 Å². The molecule has 1 aliphatic heterocycles. The minimum atomic E-state index is 0.0320. The molecular formula is C16H24N3O2+. The molecule has 0 atom stereocenters. The molecule has 0 aromatic heterocycles. The van der Waals surface area contributed by atoms with E-state index < -0.39 is 0 Å². The Kier molecular flexibility index (Phi) is 4.96. The van der Waals surface area contributed by atoms with Crippen LogP contribution in [0.25, 0.3) is 0 Å². The second-order valence-corrected chi connectivity index (χ2v) is 5.78. The third-order valence-electron chi connectivity index (χ3n) is 4.12. The van der Waals surface area contributed by atoms with Gasteiger partial charge in [0, 0.05) is 12.6 Å². The Morgan fingerprint density at radius 2 is 1.86 bits per heavy atom. The van der Waals surface area contributed by atoms with E-state index in [1.165, 1.54) is 16.0 Å². The molecule has 0 bridgehead atoms. The number of benzene rings is 1. The van der Waals surface area contributed by atoms with Gasteiger partial charge in [-0.05, 0) is 37.1 Å². The molecule has 1 saturated heterocycles. The van der Waals surface area contributed by atoms with Gasteiger partial charge in [-0.15, -0.1) is 0 Å². The minimum Gasteiger partial charge on any atom is -0.332 e. The number of nitrogens with zero attached hydrogens (tertiary/aromatic N) is 1. The highest BCUT2D eigenvalue weighted by Gasteiger charge is 2.23. The summed E-state index contributed by atoms with van der Waals surface area (Å²) in [5, 5.41) is 2.95. The summed E-state index contributed by atoms with van der Waals surface area (Å²) in [5.41, 5.74) is 3.25. The van der Waals surface area contributed by atoms with Crippen LogP contribution >= 0.6 is 0 Å². The number of rotatable bonds is 3. The molecule has 114 valence electrons. The van der Waals surface area contributed by atoms with Crippen LogP contribution in [0.5, 0.6) is 0 Å². The summed E-state index contributed by atoms with van der Waals surface area (Å²) >= 11 is 0. The van der Waals surface area contributed by atoms with E-state index in [0.29, 0.717) is 6.54 Å². The summed E-state index contributed by atoms with van der Waals surface area (Å²) in [6.45, 7) is 9.29. The normalized spacial score (nSPS) is 15.9. The van der Waals surface area contributed by atoms with Gasteiger partial charge in [0.1, 0.15) is 0 Å². The van der Waals surface area contributed by atoms with Crippen LogP contribution in [0.2, 0.25) is 0 Å². The molecule has 21 heavy (non-hydrogen) atoms. The summed E-state index contributed by atoms with van der Waals surface area (Å²) < 4.78 is 0. The van der Waals surface area contributed by atoms with Gasteiger partial charge in [-0.2, -0.15) is 0 Å². The van der Waals surface area contributed by atoms with Crippen molar-refractivity contribution >= 4 is 17.5 Å². The third kappa shape index (κ3) is 4.29. The highest BCUT2D eigenvalue weighted by atomic mass is 16.2. The summed E-state index contributed by atoms with van der Waals surface area (Å²) in [4.78, 5) is 26.4. The van der Waals surface area contributed by atoms with Crippen LogP contribution in [0.1, 0.15) is 18.1 Å². The first-order valence-corrected chi connectivity index (χ1v) is 7.42. The second kappa shape index (κ2) is 6.72. The van der Waals surface area contributed by atoms with Gasteiger partial charge in [0.05, 0.1) is 26.2 Å². The number of nitrogens with one attached hydrogen (secondary N) is 2. The van der Waals surface area contributed by atoms with Crippen molar-refractivity contribution in [3.8, 4) is 0 Å². The van der Waals surface area contributed by atoms with Gasteiger partial charge >= 0.3 is 0 Å². The number of carbonyl (C=O) groups is 2. The van der Waals surface area contributed by atoms with Crippen molar-refractivity contribution in [2.45, 2.75) is 20.8 Å². The molecule has 1 aliphatic rings. The maximum Gasteiger partial charge on any atom is 0.279 e. The first-order chi connectivity index (χ1) is 9.95. The van der Waals surface area contributed by atoms with Crippen molar-refractivity contribution in [1.29, 1.82) is 0 Å². The van der Waals surface area contributed by atoms with Crippen LogP contribution in [0.4, 0.5) is 5.69 Å². The lowest BCUT2D eigenvalue weighted by atomic mass is 10.1. The quantitative estimate of drug-likeness (QED) is 0.823. The molecular weight excluding hydrogens is 266 g/mol. The Bertz CT molecular complexity index is 534. The van der Waals surface area contributed by atoms with Crippen molar-refractivity contribution in [2.75, 3.05) is 38.0 Å². The van der Waals surface area contributed by atoms with Crippen molar-refractivity contribution in [1.82, 2.24) is 4.90 Å². The van der Waals surface area contributed by atoms with Gasteiger partial charge in [-0.1, -0.05) is 6.07 Å². The molecule has 5 heteroatoms. The van der Waals surface area contributed by atoms with Crippen molar-refractivity contribution in [2.24, 2.45) is 0 Å². The molecule has 1 aromatic rings. The predicted molar refractivity (Wildman–Crippen MR) is 82.4 cm³/mol. The first-order valence-electron chi connectivity index (χ1n) is 7.42. The lowest BCUT2D eigenvalue weighted by molar-refractivity contribution is -0.895. The summed E-state index contributed by atoms with van der Waals surface area (Å²) in [5.74, 6) is 0.151. The highest BCUT2D eigenvalue weighted by molar-refractivity contribution is 5.91. The van der Waals surface area contributed by atoms with Gasteiger partial charge in [-0.25, -0.2) is 0 Å². The number of anilines is 1. The van der Waals surface area contributed by atoms with Crippen LogP contribution in [0, 0.1) is 13.8 Å². The van der Waals surface area contributed by atoms with Crippen LogP contribution in [-0.4, -0.2) is 49.4 Å². The molecule has 0 spiro atoms. The average Bonchev–Trinajstić information content (AvgIpc) is 2.43. The molecule has 2 amide bonds. The van der Waals surface area contributed by atoms with Crippen LogP contribution < -0.4 is 10.2 Å². The van der Waals surface area contributed by atoms with E-state index in [1.54, 1.807) is 6.92 Å². The van der Waals surface area contributed by atoms with Crippen LogP contribution in [-0.2, 0) is 9.59 Å². The van der Waals surface area contributed by atoms with E-state index in [-0.39, 0.29) is 11.8 Å². The second-order valence-electron chi connectivity index (χ2n) is 5.78. The lowest BCUT2D eigenvalue weighted by Crippen LogP contribution is -3.15. The molecule has 0 aliphatic carbocycles. The number of aryl methyl sites for hydroxylation is 2. The predicted octanol–water partition coefficient (Wildman–Crippen LogP) is -0.0111. The van der Waals surface area contributed by atoms with Crippen LogP contribution in [0.15, 0.2) is 18.2 Å². The summed E-state index contributed by atoms with van der Waals surface area (Å²) in [7, 11) is 0.